The van der Waals surface area contributed by atoms with E-state index in [2.05, 4.69) is 27.2 Å². The molecule has 0 aliphatic heterocycles. The number of aliphatic imine (C=N–C) groups is 1. The van der Waals surface area contributed by atoms with E-state index in [0.29, 0.717) is 13.1 Å². The molecule has 0 unspecified atom stereocenters. The Morgan fingerprint density at radius 3 is 2.68 bits per heavy atom. The summed E-state index contributed by atoms with van der Waals surface area (Å²) in [6.45, 7) is 6.45. The second-order valence-corrected chi connectivity index (χ2v) is 4.41. The molecule has 1 aromatic heterocycles. The quantitative estimate of drug-likeness (QED) is 0.214. The van der Waals surface area contributed by atoms with Gasteiger partial charge in [-0.05, 0) is 19.1 Å². The lowest BCUT2D eigenvalue weighted by Gasteiger charge is -2.13. The van der Waals surface area contributed by atoms with Crippen molar-refractivity contribution in [1.82, 2.24) is 10.3 Å². The SMILES string of the molecule is C=C(C)CN=C(N)NCCNc1ncccc1C(F)(F)F.I. The van der Waals surface area contributed by atoms with Crippen LogP contribution in [0.4, 0.5) is 19.0 Å². The van der Waals surface area contributed by atoms with Crippen molar-refractivity contribution < 1.29 is 13.2 Å². The molecule has 0 bridgehead atoms. The summed E-state index contributed by atoms with van der Waals surface area (Å²) < 4.78 is 38.2. The van der Waals surface area contributed by atoms with Gasteiger partial charge in [0, 0.05) is 19.3 Å². The van der Waals surface area contributed by atoms with E-state index < -0.39 is 11.7 Å². The third-order valence-electron chi connectivity index (χ3n) is 2.36. The van der Waals surface area contributed by atoms with Gasteiger partial charge in [-0.2, -0.15) is 13.2 Å². The summed E-state index contributed by atoms with van der Waals surface area (Å²) in [5.74, 6) is 0.0149. The molecule has 0 spiro atoms. The van der Waals surface area contributed by atoms with Crippen molar-refractivity contribution in [3.63, 3.8) is 0 Å². The number of rotatable bonds is 6. The van der Waals surface area contributed by atoms with Gasteiger partial charge in [-0.1, -0.05) is 12.2 Å². The number of guanidine groups is 1. The lowest BCUT2D eigenvalue weighted by Crippen LogP contribution is -2.35. The summed E-state index contributed by atoms with van der Waals surface area (Å²) in [4.78, 5) is 7.67. The zero-order valence-corrected chi connectivity index (χ0v) is 14.4. The Labute approximate surface area is 144 Å². The molecule has 0 aliphatic rings. The highest BCUT2D eigenvalue weighted by molar-refractivity contribution is 14.0. The standard InChI is InChI=1S/C13H18F3N5.HI/c1-9(2)8-21-12(17)20-7-6-19-11-10(13(14,15)16)4-3-5-18-11;/h3-5H,1,6-8H2,2H3,(H,18,19)(H3,17,20,21);1H. The maximum atomic E-state index is 12.7. The van der Waals surface area contributed by atoms with Gasteiger partial charge in [-0.15, -0.1) is 24.0 Å². The van der Waals surface area contributed by atoms with E-state index in [4.69, 9.17) is 5.73 Å². The number of pyridine rings is 1. The van der Waals surface area contributed by atoms with Gasteiger partial charge in [0.25, 0.3) is 0 Å². The summed E-state index contributed by atoms with van der Waals surface area (Å²) in [6.07, 6.45) is -3.14. The molecule has 1 rings (SSSR count). The van der Waals surface area contributed by atoms with Gasteiger partial charge >= 0.3 is 6.18 Å². The van der Waals surface area contributed by atoms with Crippen molar-refractivity contribution in [3.05, 3.63) is 36.0 Å². The van der Waals surface area contributed by atoms with Crippen LogP contribution in [0, 0.1) is 0 Å². The lowest BCUT2D eigenvalue weighted by atomic mass is 10.2. The van der Waals surface area contributed by atoms with Crippen LogP contribution >= 0.6 is 24.0 Å². The fourth-order valence-electron chi connectivity index (χ4n) is 1.42. The molecule has 0 aliphatic carbocycles. The zero-order valence-electron chi connectivity index (χ0n) is 12.1. The molecule has 1 heterocycles. The van der Waals surface area contributed by atoms with Gasteiger partial charge in [0.15, 0.2) is 5.96 Å². The Kier molecular flexibility index (Phi) is 8.83. The molecule has 9 heteroatoms. The first-order valence-corrected chi connectivity index (χ1v) is 6.25. The van der Waals surface area contributed by atoms with Crippen molar-refractivity contribution in [1.29, 1.82) is 0 Å². The van der Waals surface area contributed by atoms with Crippen LogP contribution < -0.4 is 16.4 Å². The van der Waals surface area contributed by atoms with Crippen LogP contribution in [0.3, 0.4) is 0 Å². The molecular weight excluding hydrogens is 410 g/mol. The lowest BCUT2D eigenvalue weighted by molar-refractivity contribution is -0.137. The first-order chi connectivity index (χ1) is 9.80. The number of anilines is 1. The third kappa shape index (κ3) is 7.48. The smallest absolute Gasteiger partial charge is 0.370 e. The summed E-state index contributed by atoms with van der Waals surface area (Å²) in [7, 11) is 0. The number of aromatic nitrogens is 1. The van der Waals surface area contributed by atoms with Crippen LogP contribution in [0.15, 0.2) is 35.5 Å². The van der Waals surface area contributed by atoms with E-state index in [-0.39, 0.29) is 42.3 Å². The van der Waals surface area contributed by atoms with Gasteiger partial charge in [0.05, 0.1) is 12.1 Å². The minimum atomic E-state index is -4.44. The molecule has 0 radical (unpaired) electrons. The second-order valence-electron chi connectivity index (χ2n) is 4.41. The predicted octanol–water partition coefficient (Wildman–Crippen LogP) is 2.61. The van der Waals surface area contributed by atoms with Crippen molar-refractivity contribution in [3.8, 4) is 0 Å². The second kappa shape index (κ2) is 9.49. The monoisotopic (exact) mass is 429 g/mol. The highest BCUT2D eigenvalue weighted by Gasteiger charge is 2.33. The van der Waals surface area contributed by atoms with E-state index >= 15 is 0 Å². The first-order valence-electron chi connectivity index (χ1n) is 6.25. The van der Waals surface area contributed by atoms with Gasteiger partial charge in [0.1, 0.15) is 5.82 Å². The van der Waals surface area contributed by atoms with Crippen molar-refractivity contribution >= 4 is 35.8 Å². The van der Waals surface area contributed by atoms with Crippen LogP contribution in [0.25, 0.3) is 0 Å². The number of hydrogen-bond donors (Lipinski definition) is 3. The largest absolute Gasteiger partial charge is 0.419 e. The van der Waals surface area contributed by atoms with E-state index in [9.17, 15) is 13.2 Å². The molecule has 5 nitrogen and oxygen atoms in total. The van der Waals surface area contributed by atoms with Crippen LogP contribution in [0.1, 0.15) is 12.5 Å². The summed E-state index contributed by atoms with van der Waals surface area (Å²) in [5.41, 5.74) is 5.64. The zero-order chi connectivity index (χ0) is 15.9. The van der Waals surface area contributed by atoms with Gasteiger partial charge in [-0.3, -0.25) is 0 Å². The number of nitrogens with two attached hydrogens (primary N) is 1. The Bertz CT molecular complexity index is 517. The average Bonchev–Trinajstić information content (AvgIpc) is 2.40. The molecule has 0 saturated heterocycles. The Morgan fingerprint density at radius 1 is 1.41 bits per heavy atom. The van der Waals surface area contributed by atoms with Crippen molar-refractivity contribution in [2.24, 2.45) is 10.7 Å². The summed E-state index contributed by atoms with van der Waals surface area (Å²) in [6, 6.07) is 2.22. The normalized spacial score (nSPS) is 11.5. The molecule has 124 valence electrons. The number of nitrogens with zero attached hydrogens (tertiary/aromatic N) is 2. The molecule has 1 aromatic rings. The molecule has 0 saturated carbocycles. The van der Waals surface area contributed by atoms with Gasteiger partial charge in [0.2, 0.25) is 0 Å². The van der Waals surface area contributed by atoms with Crippen molar-refractivity contribution in [2.75, 3.05) is 25.0 Å². The van der Waals surface area contributed by atoms with Crippen molar-refractivity contribution in [2.45, 2.75) is 13.1 Å². The third-order valence-corrected chi connectivity index (χ3v) is 2.36. The number of alkyl halides is 3. The van der Waals surface area contributed by atoms with Crippen LogP contribution in [-0.4, -0.2) is 30.6 Å². The van der Waals surface area contributed by atoms with E-state index in [1.165, 1.54) is 12.3 Å². The highest BCUT2D eigenvalue weighted by Crippen LogP contribution is 2.33. The van der Waals surface area contributed by atoms with Gasteiger partial charge < -0.3 is 16.4 Å². The topological polar surface area (TPSA) is 75.3 Å². The molecule has 4 N–H and O–H groups in total. The fourth-order valence-corrected chi connectivity index (χ4v) is 1.42. The summed E-state index contributed by atoms with van der Waals surface area (Å²) in [5, 5.41) is 5.40. The molecule has 0 atom stereocenters. The number of nitrogens with one attached hydrogen (secondary N) is 2. The molecule has 0 amide bonds. The highest BCUT2D eigenvalue weighted by atomic mass is 127. The fraction of sp³-hybridized carbons (Fsp3) is 0.385. The molecular formula is C13H19F3IN5. The summed E-state index contributed by atoms with van der Waals surface area (Å²) >= 11 is 0. The van der Waals surface area contributed by atoms with Crippen LogP contribution in [0.5, 0.6) is 0 Å². The van der Waals surface area contributed by atoms with Gasteiger partial charge in [-0.25, -0.2) is 9.98 Å². The molecule has 0 aromatic carbocycles. The maximum absolute atomic E-state index is 12.7. The number of halogens is 4. The van der Waals surface area contributed by atoms with E-state index in [1.54, 1.807) is 0 Å². The molecule has 0 fully saturated rings. The van der Waals surface area contributed by atoms with E-state index in [0.717, 1.165) is 11.6 Å². The number of hydrogen-bond acceptors (Lipinski definition) is 3. The minimum Gasteiger partial charge on any atom is -0.370 e. The first kappa shape index (κ1) is 20.5. The Hall–Kier alpha value is -1.52. The predicted molar refractivity (Wildman–Crippen MR) is 92.4 cm³/mol. The maximum Gasteiger partial charge on any atom is 0.419 e. The Morgan fingerprint density at radius 2 is 2.09 bits per heavy atom. The molecule has 22 heavy (non-hydrogen) atoms. The minimum absolute atomic E-state index is 0. The Balaban J connectivity index is 0.00000441. The van der Waals surface area contributed by atoms with Crippen LogP contribution in [-0.2, 0) is 6.18 Å². The van der Waals surface area contributed by atoms with Crippen LogP contribution in [0.2, 0.25) is 0 Å². The average molecular weight is 429 g/mol. The van der Waals surface area contributed by atoms with E-state index in [1.807, 2.05) is 6.92 Å².